The Hall–Kier alpha value is -2.41. The van der Waals surface area contributed by atoms with E-state index in [2.05, 4.69) is 14.7 Å². The van der Waals surface area contributed by atoms with Crippen LogP contribution in [0.15, 0.2) is 28.1 Å². The van der Waals surface area contributed by atoms with Crippen LogP contribution in [0.25, 0.3) is 0 Å². The van der Waals surface area contributed by atoms with Gasteiger partial charge in [0.1, 0.15) is 5.82 Å². The van der Waals surface area contributed by atoms with Gasteiger partial charge in [0.15, 0.2) is 0 Å². The molecule has 0 amide bonds. The second kappa shape index (κ2) is 7.54. The summed E-state index contributed by atoms with van der Waals surface area (Å²) in [5, 5.41) is 6.98. The maximum absolute atomic E-state index is 12.3. The Labute approximate surface area is 158 Å². The molecule has 3 heterocycles. The summed E-state index contributed by atoms with van der Waals surface area (Å²) in [6.45, 7) is 6.32. The number of carbonyl (C=O) groups is 1. The number of nitrogens with zero attached hydrogens (tertiary/aromatic N) is 3. The van der Waals surface area contributed by atoms with Gasteiger partial charge in [0, 0.05) is 36.8 Å². The standard InChI is InChI=1S/C13H18N4O3S.C2HF3O2/c1-13(2,3)12-15-7-11(20-12)21(18,19)16-9-6-10-14-4-5-17(10)8-9;3-2(4,5)1(6)7/h4-5,7,9,16H,6,8H2,1-3H3;(H,6,7). The molecule has 0 radical (unpaired) electrons. The lowest BCUT2D eigenvalue weighted by atomic mass is 9.97. The molecule has 2 aromatic heterocycles. The van der Waals surface area contributed by atoms with Crippen LogP contribution in [0.4, 0.5) is 13.2 Å². The predicted octanol–water partition coefficient (Wildman–Crippen LogP) is 1.71. The Morgan fingerprint density at radius 3 is 2.39 bits per heavy atom. The number of fused-ring (bicyclic) bond motifs is 1. The third kappa shape index (κ3) is 5.32. The summed E-state index contributed by atoms with van der Waals surface area (Å²) < 4.78 is 66.4. The largest absolute Gasteiger partial charge is 0.490 e. The fourth-order valence-electron chi connectivity index (χ4n) is 2.31. The van der Waals surface area contributed by atoms with E-state index in [9.17, 15) is 21.6 Å². The first kappa shape index (κ1) is 21.9. The van der Waals surface area contributed by atoms with Gasteiger partial charge in [-0.05, 0) is 0 Å². The van der Waals surface area contributed by atoms with E-state index >= 15 is 0 Å². The molecule has 1 aliphatic rings. The molecule has 3 rings (SSSR count). The third-order valence-electron chi connectivity index (χ3n) is 3.60. The van der Waals surface area contributed by atoms with E-state index in [0.29, 0.717) is 18.9 Å². The third-order valence-corrected chi connectivity index (χ3v) is 4.97. The van der Waals surface area contributed by atoms with Crippen LogP contribution >= 0.6 is 0 Å². The van der Waals surface area contributed by atoms with Gasteiger partial charge >= 0.3 is 12.1 Å². The van der Waals surface area contributed by atoms with Crippen LogP contribution in [0.5, 0.6) is 0 Å². The number of halogens is 3. The van der Waals surface area contributed by atoms with E-state index in [-0.39, 0.29) is 16.5 Å². The number of alkyl halides is 3. The molecule has 0 saturated carbocycles. The second-order valence-electron chi connectivity index (χ2n) is 7.06. The lowest BCUT2D eigenvalue weighted by Crippen LogP contribution is -2.35. The topological polar surface area (TPSA) is 127 Å². The molecular formula is C15H19F3N4O5S. The molecule has 0 saturated heterocycles. The van der Waals surface area contributed by atoms with Crippen molar-refractivity contribution in [3.63, 3.8) is 0 Å². The van der Waals surface area contributed by atoms with Crippen molar-refractivity contribution >= 4 is 16.0 Å². The van der Waals surface area contributed by atoms with E-state index < -0.39 is 22.2 Å². The fourth-order valence-corrected chi connectivity index (χ4v) is 3.40. The highest BCUT2D eigenvalue weighted by Gasteiger charge is 2.38. The summed E-state index contributed by atoms with van der Waals surface area (Å²) in [7, 11) is -3.70. The number of hydrogen-bond acceptors (Lipinski definition) is 6. The zero-order valence-electron chi connectivity index (χ0n) is 15.2. The van der Waals surface area contributed by atoms with Crippen molar-refractivity contribution in [3.05, 3.63) is 30.3 Å². The van der Waals surface area contributed by atoms with Crippen LogP contribution in [0.1, 0.15) is 32.5 Å². The molecule has 28 heavy (non-hydrogen) atoms. The van der Waals surface area contributed by atoms with Crippen LogP contribution in [0, 0.1) is 0 Å². The van der Waals surface area contributed by atoms with E-state index in [1.165, 1.54) is 6.20 Å². The zero-order valence-corrected chi connectivity index (χ0v) is 16.0. The highest BCUT2D eigenvalue weighted by atomic mass is 32.2. The average Bonchev–Trinajstić information content (AvgIpc) is 3.20. The molecule has 0 fully saturated rings. The number of carboxylic acid groups (broad SMARTS) is 1. The summed E-state index contributed by atoms with van der Waals surface area (Å²) in [6, 6.07) is -0.207. The number of hydrogen-bond donors (Lipinski definition) is 2. The minimum absolute atomic E-state index is 0.142. The van der Waals surface area contributed by atoms with Gasteiger partial charge in [0.25, 0.3) is 15.1 Å². The van der Waals surface area contributed by atoms with Crippen molar-refractivity contribution in [2.24, 2.45) is 0 Å². The van der Waals surface area contributed by atoms with Crippen LogP contribution < -0.4 is 4.72 Å². The summed E-state index contributed by atoms with van der Waals surface area (Å²) in [4.78, 5) is 17.1. The maximum Gasteiger partial charge on any atom is 0.490 e. The zero-order chi connectivity index (χ0) is 21.3. The number of sulfonamides is 1. The van der Waals surface area contributed by atoms with Gasteiger partial charge in [-0.3, -0.25) is 0 Å². The van der Waals surface area contributed by atoms with Gasteiger partial charge in [0.05, 0.1) is 6.20 Å². The average molecular weight is 424 g/mol. The molecule has 0 aliphatic carbocycles. The quantitative estimate of drug-likeness (QED) is 0.768. The van der Waals surface area contributed by atoms with E-state index in [1.54, 1.807) is 6.20 Å². The Morgan fingerprint density at radius 2 is 1.93 bits per heavy atom. The molecule has 1 atom stereocenters. The molecule has 2 aromatic rings. The van der Waals surface area contributed by atoms with Gasteiger partial charge < -0.3 is 14.1 Å². The van der Waals surface area contributed by atoms with E-state index in [4.69, 9.17) is 14.3 Å². The maximum atomic E-state index is 12.3. The SMILES string of the molecule is CC(C)(C)c1ncc(S(=O)(=O)NC2Cc3nccn3C2)o1.O=C(O)C(F)(F)F. The molecule has 0 spiro atoms. The van der Waals surface area contributed by atoms with Crippen molar-refractivity contribution in [1.29, 1.82) is 0 Å². The number of nitrogens with one attached hydrogen (secondary N) is 1. The van der Waals surface area contributed by atoms with Crippen molar-refractivity contribution in [2.75, 3.05) is 0 Å². The fraction of sp³-hybridized carbons (Fsp3) is 0.533. The molecule has 1 aliphatic heterocycles. The Bertz CT molecular complexity index is 923. The smallest absolute Gasteiger partial charge is 0.475 e. The molecule has 0 aromatic carbocycles. The normalized spacial score (nSPS) is 17.0. The first-order valence-corrected chi connectivity index (χ1v) is 9.47. The number of rotatable bonds is 3. The van der Waals surface area contributed by atoms with Crippen LogP contribution in [0.2, 0.25) is 0 Å². The summed E-state index contributed by atoms with van der Waals surface area (Å²) in [5.41, 5.74) is -0.330. The minimum atomic E-state index is -5.08. The van der Waals surface area contributed by atoms with E-state index in [0.717, 1.165) is 5.82 Å². The summed E-state index contributed by atoms with van der Waals surface area (Å²) >= 11 is 0. The molecular weight excluding hydrogens is 405 g/mol. The number of aromatic nitrogens is 3. The molecule has 1 unspecified atom stereocenters. The van der Waals surface area contributed by atoms with E-state index in [1.807, 2.05) is 31.5 Å². The van der Waals surface area contributed by atoms with Gasteiger partial charge in [0.2, 0.25) is 5.89 Å². The predicted molar refractivity (Wildman–Crippen MR) is 88.9 cm³/mol. The molecule has 2 N–H and O–H groups in total. The van der Waals surface area contributed by atoms with Crippen LogP contribution in [0.3, 0.4) is 0 Å². The van der Waals surface area contributed by atoms with Gasteiger partial charge in [-0.25, -0.2) is 27.9 Å². The first-order valence-electron chi connectivity index (χ1n) is 7.99. The molecule has 156 valence electrons. The Kier molecular flexibility index (Phi) is 5.90. The number of carboxylic acids is 1. The van der Waals surface area contributed by atoms with Gasteiger partial charge in [-0.15, -0.1) is 0 Å². The molecule has 0 bridgehead atoms. The highest BCUT2D eigenvalue weighted by Crippen LogP contribution is 2.24. The lowest BCUT2D eigenvalue weighted by molar-refractivity contribution is -0.192. The molecule has 13 heteroatoms. The monoisotopic (exact) mass is 424 g/mol. The number of imidazole rings is 1. The number of oxazole rings is 1. The van der Waals surface area contributed by atoms with Crippen molar-refractivity contribution in [3.8, 4) is 0 Å². The second-order valence-corrected chi connectivity index (χ2v) is 8.70. The van der Waals surface area contributed by atoms with Crippen molar-refractivity contribution < 1.29 is 35.9 Å². The van der Waals surface area contributed by atoms with Crippen molar-refractivity contribution in [1.82, 2.24) is 19.3 Å². The lowest BCUT2D eigenvalue weighted by Gasteiger charge is -2.13. The Balaban J connectivity index is 0.000000345. The van der Waals surface area contributed by atoms with Gasteiger partial charge in [-0.2, -0.15) is 13.2 Å². The summed E-state index contributed by atoms with van der Waals surface area (Å²) in [6.07, 6.45) is 0.310. The first-order chi connectivity index (χ1) is 12.7. The highest BCUT2D eigenvalue weighted by molar-refractivity contribution is 7.89. The van der Waals surface area contributed by atoms with Crippen LogP contribution in [-0.2, 0) is 33.2 Å². The summed E-state index contributed by atoms with van der Waals surface area (Å²) in [5.74, 6) is -1.47. The van der Waals surface area contributed by atoms with Crippen LogP contribution in [-0.4, -0.2) is 46.2 Å². The van der Waals surface area contributed by atoms with Crippen molar-refractivity contribution in [2.45, 2.75) is 56.5 Å². The Morgan fingerprint density at radius 1 is 1.32 bits per heavy atom. The van der Waals surface area contributed by atoms with Gasteiger partial charge in [-0.1, -0.05) is 20.8 Å². The molecule has 9 nitrogen and oxygen atoms in total. The number of aliphatic carboxylic acids is 1. The minimum Gasteiger partial charge on any atom is -0.475 e.